The Morgan fingerprint density at radius 3 is 2.38 bits per heavy atom. The van der Waals surface area contributed by atoms with E-state index < -0.39 is 0 Å². The fraction of sp³-hybridized carbons (Fsp3) is 0.389. The molecular weight excluding hydrogens is 304 g/mol. The second-order valence-electron chi connectivity index (χ2n) is 5.91. The van der Waals surface area contributed by atoms with E-state index in [-0.39, 0.29) is 12.5 Å². The molecule has 0 aliphatic carbocycles. The zero-order chi connectivity index (χ0) is 16.9. The first kappa shape index (κ1) is 16.2. The van der Waals surface area contributed by atoms with Crippen LogP contribution in [0.3, 0.4) is 0 Å². The van der Waals surface area contributed by atoms with Crippen LogP contribution in [0.1, 0.15) is 24.2 Å². The summed E-state index contributed by atoms with van der Waals surface area (Å²) >= 11 is 0. The van der Waals surface area contributed by atoms with E-state index in [1.165, 1.54) is 12.8 Å². The Morgan fingerprint density at radius 1 is 1.12 bits per heavy atom. The van der Waals surface area contributed by atoms with Crippen molar-refractivity contribution in [1.82, 2.24) is 9.97 Å². The van der Waals surface area contributed by atoms with E-state index in [0.717, 1.165) is 30.4 Å². The fourth-order valence-corrected chi connectivity index (χ4v) is 2.78. The first-order valence-electron chi connectivity index (χ1n) is 8.21. The van der Waals surface area contributed by atoms with Crippen LogP contribution < -0.4 is 15.0 Å². The summed E-state index contributed by atoms with van der Waals surface area (Å²) in [6, 6.07) is 9.27. The molecule has 0 spiro atoms. The predicted molar refractivity (Wildman–Crippen MR) is 93.5 cm³/mol. The number of aromatic nitrogens is 2. The maximum absolute atomic E-state index is 12.1. The van der Waals surface area contributed by atoms with Crippen LogP contribution in [-0.4, -0.2) is 35.6 Å². The molecule has 1 fully saturated rings. The van der Waals surface area contributed by atoms with Crippen LogP contribution in [0.5, 0.6) is 5.75 Å². The molecule has 0 bridgehead atoms. The van der Waals surface area contributed by atoms with E-state index in [1.54, 1.807) is 0 Å². The van der Waals surface area contributed by atoms with Crippen LogP contribution in [0.2, 0.25) is 0 Å². The summed E-state index contributed by atoms with van der Waals surface area (Å²) in [6.07, 6.45) is 2.35. The summed E-state index contributed by atoms with van der Waals surface area (Å²) < 4.78 is 5.46. The molecule has 2 aromatic rings. The van der Waals surface area contributed by atoms with Gasteiger partial charge in [0, 0.05) is 13.1 Å². The van der Waals surface area contributed by atoms with Gasteiger partial charge in [-0.3, -0.25) is 4.79 Å². The number of rotatable bonds is 5. The van der Waals surface area contributed by atoms with Crippen molar-refractivity contribution in [3.63, 3.8) is 0 Å². The van der Waals surface area contributed by atoms with Gasteiger partial charge in [0.25, 0.3) is 5.91 Å². The molecule has 24 heavy (non-hydrogen) atoms. The SMILES string of the molecule is Cc1nc(N2CCCC2)nc(C)c1NC(=O)COc1ccccc1. The number of aryl methyl sites for hydroxylation is 2. The predicted octanol–water partition coefficient (Wildman–Crippen LogP) is 2.71. The topological polar surface area (TPSA) is 67.4 Å². The molecule has 0 saturated carbocycles. The molecule has 0 atom stereocenters. The number of carbonyl (C=O) groups excluding carboxylic acids is 1. The normalized spacial score (nSPS) is 13.8. The molecule has 1 aromatic carbocycles. The van der Waals surface area contributed by atoms with Gasteiger partial charge in [0.15, 0.2) is 6.61 Å². The van der Waals surface area contributed by atoms with E-state index >= 15 is 0 Å². The zero-order valence-corrected chi connectivity index (χ0v) is 14.1. The van der Waals surface area contributed by atoms with Gasteiger partial charge in [0.05, 0.1) is 17.1 Å². The fourth-order valence-electron chi connectivity index (χ4n) is 2.78. The number of hydrogen-bond acceptors (Lipinski definition) is 5. The monoisotopic (exact) mass is 326 g/mol. The van der Waals surface area contributed by atoms with E-state index in [1.807, 2.05) is 44.2 Å². The molecule has 1 N–H and O–H groups in total. The van der Waals surface area contributed by atoms with Gasteiger partial charge in [0.1, 0.15) is 5.75 Å². The molecule has 3 rings (SSSR count). The van der Waals surface area contributed by atoms with Gasteiger partial charge in [-0.2, -0.15) is 0 Å². The van der Waals surface area contributed by atoms with Crippen molar-refractivity contribution < 1.29 is 9.53 Å². The van der Waals surface area contributed by atoms with Gasteiger partial charge in [-0.15, -0.1) is 0 Å². The van der Waals surface area contributed by atoms with E-state index in [2.05, 4.69) is 20.2 Å². The zero-order valence-electron chi connectivity index (χ0n) is 14.1. The molecule has 1 saturated heterocycles. The minimum Gasteiger partial charge on any atom is -0.484 e. The maximum atomic E-state index is 12.1. The molecular formula is C18H22N4O2. The number of benzene rings is 1. The Balaban J connectivity index is 1.64. The van der Waals surface area contributed by atoms with Crippen molar-refractivity contribution in [2.45, 2.75) is 26.7 Å². The highest BCUT2D eigenvalue weighted by Crippen LogP contribution is 2.22. The Hall–Kier alpha value is -2.63. The lowest BCUT2D eigenvalue weighted by atomic mass is 10.3. The number of nitrogens with zero attached hydrogens (tertiary/aromatic N) is 3. The maximum Gasteiger partial charge on any atom is 0.262 e. The van der Waals surface area contributed by atoms with Crippen molar-refractivity contribution in [2.24, 2.45) is 0 Å². The summed E-state index contributed by atoms with van der Waals surface area (Å²) in [7, 11) is 0. The van der Waals surface area contributed by atoms with Crippen LogP contribution in [0.15, 0.2) is 30.3 Å². The first-order valence-corrected chi connectivity index (χ1v) is 8.21. The standard InChI is InChI=1S/C18H22N4O2/c1-13-17(14(2)20-18(19-13)22-10-6-7-11-22)21-16(23)12-24-15-8-4-3-5-9-15/h3-5,8-9H,6-7,10-12H2,1-2H3,(H,21,23). The van der Waals surface area contributed by atoms with Crippen molar-refractivity contribution >= 4 is 17.5 Å². The quantitative estimate of drug-likeness (QED) is 0.915. The molecule has 0 unspecified atom stereocenters. The van der Waals surface area contributed by atoms with Crippen LogP contribution in [0.25, 0.3) is 0 Å². The summed E-state index contributed by atoms with van der Waals surface area (Å²) in [5.74, 6) is 1.20. The molecule has 1 amide bonds. The van der Waals surface area contributed by atoms with Crippen LogP contribution in [0.4, 0.5) is 11.6 Å². The lowest BCUT2D eigenvalue weighted by Crippen LogP contribution is -2.24. The van der Waals surface area contributed by atoms with E-state index in [0.29, 0.717) is 11.4 Å². The summed E-state index contributed by atoms with van der Waals surface area (Å²) in [5.41, 5.74) is 2.22. The Kier molecular flexibility index (Phi) is 4.93. The lowest BCUT2D eigenvalue weighted by Gasteiger charge is -2.18. The average Bonchev–Trinajstić information content (AvgIpc) is 3.11. The lowest BCUT2D eigenvalue weighted by molar-refractivity contribution is -0.118. The average molecular weight is 326 g/mol. The van der Waals surface area contributed by atoms with Crippen molar-refractivity contribution in [3.05, 3.63) is 41.7 Å². The molecule has 1 aromatic heterocycles. The number of carbonyl (C=O) groups is 1. The largest absolute Gasteiger partial charge is 0.484 e. The third-order valence-electron chi connectivity index (χ3n) is 4.03. The Labute approximate surface area is 141 Å². The third kappa shape index (κ3) is 3.82. The smallest absolute Gasteiger partial charge is 0.262 e. The van der Waals surface area contributed by atoms with Crippen LogP contribution in [-0.2, 0) is 4.79 Å². The number of para-hydroxylation sites is 1. The van der Waals surface area contributed by atoms with Gasteiger partial charge < -0.3 is 15.0 Å². The van der Waals surface area contributed by atoms with Gasteiger partial charge in [-0.05, 0) is 38.8 Å². The van der Waals surface area contributed by atoms with Gasteiger partial charge in [-0.25, -0.2) is 9.97 Å². The molecule has 2 heterocycles. The molecule has 1 aliphatic rings. The molecule has 126 valence electrons. The van der Waals surface area contributed by atoms with Crippen molar-refractivity contribution in [2.75, 3.05) is 29.9 Å². The number of ether oxygens (including phenoxy) is 1. The Morgan fingerprint density at radius 2 is 1.75 bits per heavy atom. The number of anilines is 2. The molecule has 6 nitrogen and oxygen atoms in total. The molecule has 1 aliphatic heterocycles. The van der Waals surface area contributed by atoms with E-state index in [4.69, 9.17) is 4.74 Å². The number of nitrogens with one attached hydrogen (secondary N) is 1. The van der Waals surface area contributed by atoms with Crippen LogP contribution >= 0.6 is 0 Å². The summed E-state index contributed by atoms with van der Waals surface area (Å²) in [6.45, 7) is 5.73. The highest BCUT2D eigenvalue weighted by Gasteiger charge is 2.18. The summed E-state index contributed by atoms with van der Waals surface area (Å²) in [5, 5.41) is 2.86. The van der Waals surface area contributed by atoms with Gasteiger partial charge in [-0.1, -0.05) is 18.2 Å². The van der Waals surface area contributed by atoms with Gasteiger partial charge in [0.2, 0.25) is 5.95 Å². The molecule has 0 radical (unpaired) electrons. The minimum atomic E-state index is -0.220. The second-order valence-corrected chi connectivity index (χ2v) is 5.91. The number of amides is 1. The van der Waals surface area contributed by atoms with Crippen molar-refractivity contribution in [1.29, 1.82) is 0 Å². The number of hydrogen-bond donors (Lipinski definition) is 1. The van der Waals surface area contributed by atoms with Gasteiger partial charge >= 0.3 is 0 Å². The van der Waals surface area contributed by atoms with Crippen LogP contribution in [0, 0.1) is 13.8 Å². The summed E-state index contributed by atoms with van der Waals surface area (Å²) in [4.78, 5) is 23.4. The highest BCUT2D eigenvalue weighted by molar-refractivity contribution is 5.93. The van der Waals surface area contributed by atoms with Crippen molar-refractivity contribution in [3.8, 4) is 5.75 Å². The Bertz CT molecular complexity index is 689. The third-order valence-corrected chi connectivity index (χ3v) is 4.03. The second kappa shape index (κ2) is 7.29. The molecule has 6 heteroatoms. The minimum absolute atomic E-state index is 0.0449. The highest BCUT2D eigenvalue weighted by atomic mass is 16.5. The first-order chi connectivity index (χ1) is 11.6. The van der Waals surface area contributed by atoms with E-state index in [9.17, 15) is 4.79 Å².